The molecule has 100 valence electrons. The second-order valence-electron chi connectivity index (χ2n) is 4.67. The molecule has 0 amide bonds. The number of carbonyl (C=O) groups excluding carboxylic acids is 1. The van der Waals surface area contributed by atoms with Gasteiger partial charge in [-0.2, -0.15) is 0 Å². The Kier molecular flexibility index (Phi) is 5.28. The van der Waals surface area contributed by atoms with Gasteiger partial charge in [0, 0.05) is 17.5 Å². The quantitative estimate of drug-likeness (QED) is 0.853. The molecule has 0 spiro atoms. The normalized spacial score (nSPS) is 16.9. The zero-order valence-electron chi connectivity index (χ0n) is 10.8. The first kappa shape index (κ1) is 13.6. The van der Waals surface area contributed by atoms with Crippen molar-refractivity contribution in [1.29, 1.82) is 0 Å². The number of piperidine rings is 1. The summed E-state index contributed by atoms with van der Waals surface area (Å²) < 4.78 is 5.72. The van der Waals surface area contributed by atoms with Crippen LogP contribution < -0.4 is 5.32 Å². The van der Waals surface area contributed by atoms with Gasteiger partial charge in [-0.25, -0.2) is 4.98 Å². The maximum Gasteiger partial charge on any atom is 0.141 e. The molecule has 0 aromatic carbocycles. The van der Waals surface area contributed by atoms with Crippen molar-refractivity contribution in [3.63, 3.8) is 0 Å². The number of aromatic nitrogens is 1. The summed E-state index contributed by atoms with van der Waals surface area (Å²) in [6, 6.07) is 0. The molecule has 1 saturated heterocycles. The van der Waals surface area contributed by atoms with E-state index in [9.17, 15) is 4.79 Å². The maximum absolute atomic E-state index is 11.7. The fourth-order valence-electron chi connectivity index (χ4n) is 2.04. The lowest BCUT2D eigenvalue weighted by Crippen LogP contribution is -2.32. The SMILES string of the molecule is Cc1csc(CC(=O)CCOC2CCNCC2)n1. The van der Waals surface area contributed by atoms with Crippen LogP contribution in [0.3, 0.4) is 0 Å². The van der Waals surface area contributed by atoms with Gasteiger partial charge in [0.2, 0.25) is 0 Å². The second-order valence-corrected chi connectivity index (χ2v) is 5.61. The molecule has 1 aliphatic heterocycles. The predicted molar refractivity (Wildman–Crippen MR) is 72.0 cm³/mol. The molecular formula is C13H20N2O2S. The summed E-state index contributed by atoms with van der Waals surface area (Å²) in [7, 11) is 0. The van der Waals surface area contributed by atoms with Crippen molar-refractivity contribution in [3.8, 4) is 0 Å². The number of Topliss-reactive ketones (excluding diaryl/α,β-unsaturated/α-hetero) is 1. The van der Waals surface area contributed by atoms with E-state index < -0.39 is 0 Å². The van der Waals surface area contributed by atoms with Crippen LogP contribution in [-0.4, -0.2) is 36.6 Å². The average Bonchev–Trinajstić information content (AvgIpc) is 2.76. The van der Waals surface area contributed by atoms with Crippen molar-refractivity contribution in [3.05, 3.63) is 16.1 Å². The van der Waals surface area contributed by atoms with Crippen LogP contribution in [0.2, 0.25) is 0 Å². The van der Waals surface area contributed by atoms with Gasteiger partial charge in [0.1, 0.15) is 10.8 Å². The van der Waals surface area contributed by atoms with E-state index in [0.29, 0.717) is 25.6 Å². The lowest BCUT2D eigenvalue weighted by atomic mass is 10.1. The van der Waals surface area contributed by atoms with Gasteiger partial charge in [-0.15, -0.1) is 11.3 Å². The number of ether oxygens (including phenoxy) is 1. The molecular weight excluding hydrogens is 248 g/mol. The summed E-state index contributed by atoms with van der Waals surface area (Å²) in [6.07, 6.45) is 3.40. The number of hydrogen-bond donors (Lipinski definition) is 1. The second kappa shape index (κ2) is 6.97. The highest BCUT2D eigenvalue weighted by Gasteiger charge is 2.14. The highest BCUT2D eigenvalue weighted by atomic mass is 32.1. The molecule has 0 radical (unpaired) electrons. The van der Waals surface area contributed by atoms with Gasteiger partial charge in [0.15, 0.2) is 0 Å². The lowest BCUT2D eigenvalue weighted by molar-refractivity contribution is -0.120. The number of nitrogens with zero attached hydrogens (tertiary/aromatic N) is 1. The standard InChI is InChI=1S/C13H20N2O2S/c1-10-9-18-13(15-10)8-11(16)4-7-17-12-2-5-14-6-3-12/h9,12,14H,2-8H2,1H3. The van der Waals surface area contributed by atoms with E-state index in [-0.39, 0.29) is 5.78 Å². The van der Waals surface area contributed by atoms with Gasteiger partial charge >= 0.3 is 0 Å². The number of carbonyl (C=O) groups is 1. The maximum atomic E-state index is 11.7. The number of rotatable bonds is 6. The van der Waals surface area contributed by atoms with Crippen LogP contribution in [0.15, 0.2) is 5.38 Å². The lowest BCUT2D eigenvalue weighted by Gasteiger charge is -2.22. The van der Waals surface area contributed by atoms with Crippen LogP contribution in [0.1, 0.15) is 30.0 Å². The van der Waals surface area contributed by atoms with Gasteiger partial charge in [0.25, 0.3) is 0 Å². The Hall–Kier alpha value is -0.780. The topological polar surface area (TPSA) is 51.2 Å². The highest BCUT2D eigenvalue weighted by molar-refractivity contribution is 7.09. The minimum Gasteiger partial charge on any atom is -0.378 e. The van der Waals surface area contributed by atoms with E-state index in [4.69, 9.17) is 4.74 Å². The summed E-state index contributed by atoms with van der Waals surface area (Å²) in [6.45, 7) is 4.55. The van der Waals surface area contributed by atoms with Gasteiger partial charge in [-0.1, -0.05) is 0 Å². The molecule has 0 atom stereocenters. The van der Waals surface area contributed by atoms with Crippen LogP contribution >= 0.6 is 11.3 Å². The first-order chi connectivity index (χ1) is 8.74. The summed E-state index contributed by atoms with van der Waals surface area (Å²) in [5.41, 5.74) is 0.994. The minimum atomic E-state index is 0.221. The van der Waals surface area contributed by atoms with Crippen LogP contribution in [0, 0.1) is 6.92 Å². The summed E-state index contributed by atoms with van der Waals surface area (Å²) >= 11 is 1.56. The largest absolute Gasteiger partial charge is 0.378 e. The van der Waals surface area contributed by atoms with Crippen LogP contribution in [0.4, 0.5) is 0 Å². The highest BCUT2D eigenvalue weighted by Crippen LogP contribution is 2.11. The van der Waals surface area contributed by atoms with Gasteiger partial charge in [-0.05, 0) is 32.9 Å². The molecule has 0 saturated carbocycles. The first-order valence-electron chi connectivity index (χ1n) is 6.49. The molecule has 1 aromatic heterocycles. The number of aryl methyl sites for hydroxylation is 1. The van der Waals surface area contributed by atoms with E-state index in [2.05, 4.69) is 10.3 Å². The molecule has 2 rings (SSSR count). The van der Waals surface area contributed by atoms with Crippen molar-refractivity contribution < 1.29 is 9.53 Å². The molecule has 18 heavy (non-hydrogen) atoms. The van der Waals surface area contributed by atoms with E-state index >= 15 is 0 Å². The molecule has 0 aliphatic carbocycles. The van der Waals surface area contributed by atoms with Gasteiger partial charge in [-0.3, -0.25) is 4.79 Å². The zero-order valence-corrected chi connectivity index (χ0v) is 11.6. The summed E-state index contributed by atoms with van der Waals surface area (Å²) in [4.78, 5) is 16.0. The van der Waals surface area contributed by atoms with Crippen LogP contribution in [0.5, 0.6) is 0 Å². The number of hydrogen-bond acceptors (Lipinski definition) is 5. The Morgan fingerprint density at radius 3 is 3.00 bits per heavy atom. The van der Waals surface area contributed by atoms with Crippen LogP contribution in [-0.2, 0) is 16.0 Å². The van der Waals surface area contributed by atoms with Gasteiger partial charge < -0.3 is 10.1 Å². The van der Waals surface area contributed by atoms with E-state index in [0.717, 1.165) is 36.6 Å². The third kappa shape index (κ3) is 4.48. The third-order valence-electron chi connectivity index (χ3n) is 3.04. The van der Waals surface area contributed by atoms with Crippen molar-refractivity contribution >= 4 is 17.1 Å². The smallest absolute Gasteiger partial charge is 0.141 e. The van der Waals surface area contributed by atoms with E-state index in [1.807, 2.05) is 12.3 Å². The molecule has 1 aromatic rings. The van der Waals surface area contributed by atoms with E-state index in [1.54, 1.807) is 11.3 Å². The molecule has 4 nitrogen and oxygen atoms in total. The van der Waals surface area contributed by atoms with Crippen molar-refractivity contribution in [1.82, 2.24) is 10.3 Å². The molecule has 0 unspecified atom stereocenters. The monoisotopic (exact) mass is 268 g/mol. The molecule has 2 heterocycles. The number of ketones is 1. The van der Waals surface area contributed by atoms with E-state index in [1.165, 1.54) is 0 Å². The van der Waals surface area contributed by atoms with Gasteiger partial charge in [0.05, 0.1) is 19.1 Å². The predicted octanol–water partition coefficient (Wildman–Crippen LogP) is 1.72. The van der Waals surface area contributed by atoms with Crippen molar-refractivity contribution in [2.45, 2.75) is 38.7 Å². The first-order valence-corrected chi connectivity index (χ1v) is 7.37. The van der Waals surface area contributed by atoms with Crippen molar-refractivity contribution in [2.75, 3.05) is 19.7 Å². The fraction of sp³-hybridized carbons (Fsp3) is 0.692. The molecule has 1 N–H and O–H groups in total. The Morgan fingerprint density at radius 2 is 2.33 bits per heavy atom. The summed E-state index contributed by atoms with van der Waals surface area (Å²) in [5, 5.41) is 6.19. The molecule has 1 aliphatic rings. The number of nitrogens with one attached hydrogen (secondary N) is 1. The Balaban J connectivity index is 1.62. The Bertz CT molecular complexity index is 386. The molecule has 0 bridgehead atoms. The molecule has 5 heteroatoms. The zero-order chi connectivity index (χ0) is 12.8. The third-order valence-corrected chi connectivity index (χ3v) is 4.00. The summed E-state index contributed by atoms with van der Waals surface area (Å²) in [5.74, 6) is 0.221. The van der Waals surface area contributed by atoms with Crippen molar-refractivity contribution in [2.24, 2.45) is 0 Å². The average molecular weight is 268 g/mol. The number of thiazole rings is 1. The fourth-order valence-corrected chi connectivity index (χ4v) is 2.84. The molecule has 1 fully saturated rings. The van der Waals surface area contributed by atoms with Crippen LogP contribution in [0.25, 0.3) is 0 Å². The Labute approximate surface area is 112 Å². The Morgan fingerprint density at radius 1 is 1.56 bits per heavy atom. The minimum absolute atomic E-state index is 0.221.